The van der Waals surface area contributed by atoms with E-state index in [0.717, 1.165) is 35.9 Å². The lowest BCUT2D eigenvalue weighted by molar-refractivity contribution is 0.0422. The molecule has 1 aliphatic rings. The third kappa shape index (κ3) is 4.21. The van der Waals surface area contributed by atoms with E-state index in [-0.39, 0.29) is 6.61 Å². The molecule has 30 heavy (non-hydrogen) atoms. The number of rotatable bonds is 6. The van der Waals surface area contributed by atoms with Crippen molar-refractivity contribution in [2.45, 2.75) is 20.0 Å². The van der Waals surface area contributed by atoms with Crippen LogP contribution in [0.5, 0.6) is 0 Å². The molecule has 1 atom stereocenters. The molecule has 4 rings (SSSR count). The van der Waals surface area contributed by atoms with Crippen molar-refractivity contribution in [1.82, 2.24) is 19.7 Å². The van der Waals surface area contributed by atoms with Crippen LogP contribution in [0, 0.1) is 13.8 Å². The lowest BCUT2D eigenvalue weighted by Crippen LogP contribution is -2.37. The van der Waals surface area contributed by atoms with E-state index in [1.165, 1.54) is 5.56 Å². The lowest BCUT2D eigenvalue weighted by Gasteiger charge is -2.28. The first kappa shape index (κ1) is 20.5. The number of morpholine rings is 1. The van der Waals surface area contributed by atoms with Crippen molar-refractivity contribution in [2.75, 3.05) is 44.9 Å². The van der Waals surface area contributed by atoms with E-state index in [0.29, 0.717) is 24.9 Å². The van der Waals surface area contributed by atoms with E-state index >= 15 is 0 Å². The molecule has 1 aliphatic heterocycles. The van der Waals surface area contributed by atoms with Crippen molar-refractivity contribution in [2.24, 2.45) is 0 Å². The van der Waals surface area contributed by atoms with Crippen molar-refractivity contribution < 1.29 is 14.6 Å². The number of benzene rings is 1. The summed E-state index contributed by atoms with van der Waals surface area (Å²) in [7, 11) is 1.54. The lowest BCUT2D eigenvalue weighted by atomic mass is 10.1. The smallest absolute Gasteiger partial charge is 0.164 e. The number of nitrogens with zero attached hydrogens (tertiary/aromatic N) is 5. The van der Waals surface area contributed by atoms with Gasteiger partial charge in [0.1, 0.15) is 11.9 Å². The van der Waals surface area contributed by atoms with Crippen LogP contribution in [-0.4, -0.2) is 64.9 Å². The fraction of sp³-hybridized carbons (Fsp3) is 0.409. The van der Waals surface area contributed by atoms with Crippen molar-refractivity contribution in [1.29, 1.82) is 0 Å². The summed E-state index contributed by atoms with van der Waals surface area (Å²) in [5.74, 6) is 1.86. The standard InChI is InChI=1S/C22H27N5O3/c1-15-5-4-6-17(11-15)18-12-16(2)27(25-18)21-13-20(26-7-9-30-10-8-26)23-22(24-21)19(14-28)29-3/h4-6,11-13,19,28H,7-10,14H2,1-3H3/t19-/m1/s1. The number of hydrogen-bond donors (Lipinski definition) is 1. The van der Waals surface area contributed by atoms with E-state index in [1.54, 1.807) is 7.11 Å². The molecule has 1 fully saturated rings. The summed E-state index contributed by atoms with van der Waals surface area (Å²) in [5, 5.41) is 14.5. The molecule has 8 nitrogen and oxygen atoms in total. The van der Waals surface area contributed by atoms with Gasteiger partial charge in [-0.3, -0.25) is 0 Å². The molecule has 1 N–H and O–H groups in total. The highest BCUT2D eigenvalue weighted by Gasteiger charge is 2.21. The second-order valence-electron chi connectivity index (χ2n) is 7.40. The SMILES string of the molecule is CO[C@H](CO)c1nc(N2CCOCC2)cc(-n2nc(-c3cccc(C)c3)cc2C)n1. The number of anilines is 1. The van der Waals surface area contributed by atoms with E-state index in [1.807, 2.05) is 29.8 Å². The molecule has 158 valence electrons. The van der Waals surface area contributed by atoms with Crippen molar-refractivity contribution in [3.05, 3.63) is 53.5 Å². The monoisotopic (exact) mass is 409 g/mol. The summed E-state index contributed by atoms with van der Waals surface area (Å²) in [5.41, 5.74) is 4.09. The molecule has 0 bridgehead atoms. The summed E-state index contributed by atoms with van der Waals surface area (Å²) < 4.78 is 12.7. The Morgan fingerprint density at radius 1 is 1.10 bits per heavy atom. The first-order chi connectivity index (χ1) is 14.6. The van der Waals surface area contributed by atoms with Crippen LogP contribution in [0.25, 0.3) is 17.1 Å². The second kappa shape index (κ2) is 8.91. The van der Waals surface area contributed by atoms with Gasteiger partial charge in [-0.2, -0.15) is 5.10 Å². The third-order valence-corrected chi connectivity index (χ3v) is 5.21. The molecule has 0 aliphatic carbocycles. The maximum absolute atomic E-state index is 9.71. The first-order valence-electron chi connectivity index (χ1n) is 10.1. The fourth-order valence-corrected chi connectivity index (χ4v) is 3.56. The van der Waals surface area contributed by atoms with Gasteiger partial charge in [0, 0.05) is 37.5 Å². The summed E-state index contributed by atoms with van der Waals surface area (Å²) in [6.45, 7) is 6.68. The largest absolute Gasteiger partial charge is 0.393 e. The first-order valence-corrected chi connectivity index (χ1v) is 10.1. The van der Waals surface area contributed by atoms with Crippen LogP contribution >= 0.6 is 0 Å². The van der Waals surface area contributed by atoms with Crippen LogP contribution in [0.3, 0.4) is 0 Å². The maximum atomic E-state index is 9.71. The highest BCUT2D eigenvalue weighted by atomic mass is 16.5. The molecule has 0 unspecified atom stereocenters. The third-order valence-electron chi connectivity index (χ3n) is 5.21. The van der Waals surface area contributed by atoms with Crippen LogP contribution in [-0.2, 0) is 9.47 Å². The van der Waals surface area contributed by atoms with Crippen LogP contribution in [0.2, 0.25) is 0 Å². The zero-order valence-corrected chi connectivity index (χ0v) is 17.6. The van der Waals surface area contributed by atoms with Gasteiger partial charge >= 0.3 is 0 Å². The molecule has 2 aromatic heterocycles. The Morgan fingerprint density at radius 2 is 1.87 bits per heavy atom. The number of methoxy groups -OCH3 is 1. The molecule has 0 amide bonds. The van der Waals surface area contributed by atoms with Gasteiger partial charge in [-0.1, -0.05) is 23.8 Å². The Kier molecular flexibility index (Phi) is 6.08. The number of ether oxygens (including phenoxy) is 2. The topological polar surface area (TPSA) is 85.5 Å². The highest BCUT2D eigenvalue weighted by Crippen LogP contribution is 2.25. The fourth-order valence-electron chi connectivity index (χ4n) is 3.56. The van der Waals surface area contributed by atoms with Crippen molar-refractivity contribution in [3.63, 3.8) is 0 Å². The molecule has 1 saturated heterocycles. The molecule has 0 radical (unpaired) electrons. The van der Waals surface area contributed by atoms with E-state index in [9.17, 15) is 5.11 Å². The summed E-state index contributed by atoms with van der Waals surface area (Å²) in [6.07, 6.45) is -0.600. The van der Waals surface area contributed by atoms with Gasteiger partial charge in [0.2, 0.25) is 0 Å². The minimum Gasteiger partial charge on any atom is -0.393 e. The quantitative estimate of drug-likeness (QED) is 0.669. The van der Waals surface area contributed by atoms with Crippen LogP contribution in [0.15, 0.2) is 36.4 Å². The van der Waals surface area contributed by atoms with Crippen LogP contribution < -0.4 is 4.90 Å². The Balaban J connectivity index is 1.78. The molecule has 1 aromatic carbocycles. The van der Waals surface area contributed by atoms with Gasteiger partial charge in [0.05, 0.1) is 25.5 Å². The molecule has 0 spiro atoms. The predicted molar refractivity (Wildman–Crippen MR) is 114 cm³/mol. The van der Waals surface area contributed by atoms with Gasteiger partial charge in [-0.05, 0) is 26.0 Å². The van der Waals surface area contributed by atoms with Gasteiger partial charge < -0.3 is 19.5 Å². The Labute approximate surface area is 176 Å². The van der Waals surface area contributed by atoms with E-state index in [4.69, 9.17) is 14.6 Å². The number of aromatic nitrogens is 4. The number of aliphatic hydroxyl groups is 1. The summed E-state index contributed by atoms with van der Waals surface area (Å²) in [6, 6.07) is 12.2. The average molecular weight is 409 g/mol. The maximum Gasteiger partial charge on any atom is 0.164 e. The number of aliphatic hydroxyl groups excluding tert-OH is 1. The van der Waals surface area contributed by atoms with Crippen LogP contribution in [0.4, 0.5) is 5.82 Å². The zero-order chi connectivity index (χ0) is 21.1. The zero-order valence-electron chi connectivity index (χ0n) is 17.6. The van der Waals surface area contributed by atoms with Crippen molar-refractivity contribution in [3.8, 4) is 17.1 Å². The second-order valence-corrected chi connectivity index (χ2v) is 7.40. The Morgan fingerprint density at radius 3 is 2.57 bits per heavy atom. The van der Waals surface area contributed by atoms with Gasteiger partial charge in [0.25, 0.3) is 0 Å². The minimum atomic E-state index is -0.600. The average Bonchev–Trinajstić information content (AvgIpc) is 3.17. The number of aryl methyl sites for hydroxylation is 2. The van der Waals surface area contributed by atoms with Crippen molar-refractivity contribution >= 4 is 5.82 Å². The summed E-state index contributed by atoms with van der Waals surface area (Å²) >= 11 is 0. The van der Waals surface area contributed by atoms with Gasteiger partial charge in [-0.15, -0.1) is 0 Å². The van der Waals surface area contributed by atoms with E-state index in [2.05, 4.69) is 40.0 Å². The molecule has 8 heteroatoms. The predicted octanol–water partition coefficient (Wildman–Crippen LogP) is 2.46. The normalized spacial score (nSPS) is 15.4. The Bertz CT molecular complexity index is 1010. The molecule has 3 heterocycles. The molecule has 3 aromatic rings. The number of hydrogen-bond acceptors (Lipinski definition) is 7. The Hall–Kier alpha value is -2.81. The van der Waals surface area contributed by atoms with Crippen LogP contribution in [0.1, 0.15) is 23.2 Å². The van der Waals surface area contributed by atoms with Gasteiger partial charge in [-0.25, -0.2) is 14.6 Å². The minimum absolute atomic E-state index is 0.199. The molecular weight excluding hydrogens is 382 g/mol. The highest BCUT2D eigenvalue weighted by molar-refractivity contribution is 5.61. The van der Waals surface area contributed by atoms with E-state index < -0.39 is 6.10 Å². The van der Waals surface area contributed by atoms with Gasteiger partial charge in [0.15, 0.2) is 11.6 Å². The summed E-state index contributed by atoms with van der Waals surface area (Å²) in [4.78, 5) is 11.5. The molecule has 0 saturated carbocycles. The molecular formula is C22H27N5O3.